The molecule has 0 saturated carbocycles. The van der Waals surface area contributed by atoms with Crippen molar-refractivity contribution in [2.45, 2.75) is 38.9 Å². The fourth-order valence-electron chi connectivity index (χ4n) is 3.62. The standard InChI is InChI=1S/C19H19F2N5O3/c1-29-18(28)16-13(24-25-7-3-2-4-15(16)25)10-22-17(27)11-5-6-14-12(8-11)9-23-26(14)19(20)21/h5-6,8-9,19H,2-4,7,10H2,1H3,(H,22,27). The summed E-state index contributed by atoms with van der Waals surface area (Å²) in [6, 6.07) is 4.38. The molecule has 1 amide bonds. The number of rotatable bonds is 5. The second kappa shape index (κ2) is 7.61. The van der Waals surface area contributed by atoms with E-state index in [1.54, 1.807) is 4.68 Å². The van der Waals surface area contributed by atoms with Crippen LogP contribution < -0.4 is 5.32 Å². The Labute approximate surface area is 164 Å². The number of carbonyl (C=O) groups excluding carboxylic acids is 2. The molecule has 1 aliphatic rings. The van der Waals surface area contributed by atoms with Gasteiger partial charge in [0.2, 0.25) is 0 Å². The predicted octanol–water partition coefficient (Wildman–Crippen LogP) is 2.68. The van der Waals surface area contributed by atoms with E-state index >= 15 is 0 Å². The summed E-state index contributed by atoms with van der Waals surface area (Å²) in [6.07, 6.45) is 3.97. The van der Waals surface area contributed by atoms with Gasteiger partial charge in [0.1, 0.15) is 5.56 Å². The number of carbonyl (C=O) groups is 2. The third-order valence-corrected chi connectivity index (χ3v) is 5.01. The van der Waals surface area contributed by atoms with Crippen LogP contribution in [0.1, 0.15) is 51.5 Å². The Balaban J connectivity index is 1.55. The molecule has 1 aliphatic heterocycles. The molecule has 0 aliphatic carbocycles. The van der Waals surface area contributed by atoms with Crippen molar-refractivity contribution < 1.29 is 23.1 Å². The molecule has 4 rings (SSSR count). The number of nitrogens with zero attached hydrogens (tertiary/aromatic N) is 4. The number of methoxy groups -OCH3 is 1. The first-order valence-corrected chi connectivity index (χ1v) is 9.20. The van der Waals surface area contributed by atoms with Gasteiger partial charge in [-0.2, -0.15) is 19.0 Å². The molecule has 2 aromatic heterocycles. The van der Waals surface area contributed by atoms with Crippen molar-refractivity contribution in [2.24, 2.45) is 0 Å². The number of aromatic nitrogens is 4. The number of halogens is 2. The van der Waals surface area contributed by atoms with Crippen molar-refractivity contribution in [2.75, 3.05) is 7.11 Å². The van der Waals surface area contributed by atoms with Gasteiger partial charge in [0.25, 0.3) is 5.91 Å². The molecule has 0 atom stereocenters. The summed E-state index contributed by atoms with van der Waals surface area (Å²) < 4.78 is 33.1. The zero-order valence-electron chi connectivity index (χ0n) is 15.7. The third-order valence-electron chi connectivity index (χ3n) is 5.01. The molecule has 0 bridgehead atoms. The van der Waals surface area contributed by atoms with Crippen LogP contribution in [0.25, 0.3) is 10.9 Å². The molecule has 10 heteroatoms. The average Bonchev–Trinajstić information content (AvgIpc) is 3.32. The first kappa shape index (κ1) is 19.0. The van der Waals surface area contributed by atoms with Gasteiger partial charge in [-0.1, -0.05) is 0 Å². The number of ether oxygens (including phenoxy) is 1. The first-order chi connectivity index (χ1) is 14.0. The molecule has 0 fully saturated rings. The van der Waals surface area contributed by atoms with Crippen LogP contribution in [0.15, 0.2) is 24.4 Å². The molecule has 29 heavy (non-hydrogen) atoms. The van der Waals surface area contributed by atoms with E-state index in [1.807, 2.05) is 0 Å². The Bertz CT molecular complexity index is 1090. The minimum Gasteiger partial charge on any atom is -0.465 e. The van der Waals surface area contributed by atoms with Gasteiger partial charge in [0, 0.05) is 17.5 Å². The van der Waals surface area contributed by atoms with E-state index in [1.165, 1.54) is 31.5 Å². The molecular weight excluding hydrogens is 384 g/mol. The number of hydrogen-bond donors (Lipinski definition) is 1. The minimum absolute atomic E-state index is 0.0532. The Kier molecular flexibility index (Phi) is 4.99. The van der Waals surface area contributed by atoms with Crippen LogP contribution in [0.4, 0.5) is 8.78 Å². The van der Waals surface area contributed by atoms with Gasteiger partial charge >= 0.3 is 12.5 Å². The van der Waals surface area contributed by atoms with Gasteiger partial charge < -0.3 is 10.1 Å². The molecule has 0 radical (unpaired) electrons. The number of esters is 1. The van der Waals surface area contributed by atoms with Crippen LogP contribution in [0.5, 0.6) is 0 Å². The molecular formula is C19H19F2N5O3. The average molecular weight is 403 g/mol. The number of fused-ring (bicyclic) bond motifs is 2. The van der Waals surface area contributed by atoms with E-state index in [-0.39, 0.29) is 12.1 Å². The minimum atomic E-state index is -2.75. The molecule has 1 aromatic carbocycles. The lowest BCUT2D eigenvalue weighted by Crippen LogP contribution is -2.24. The van der Waals surface area contributed by atoms with E-state index in [0.29, 0.717) is 26.9 Å². The predicted molar refractivity (Wildman–Crippen MR) is 98.7 cm³/mol. The van der Waals surface area contributed by atoms with E-state index < -0.39 is 18.4 Å². The molecule has 0 saturated heterocycles. The van der Waals surface area contributed by atoms with Crippen LogP contribution >= 0.6 is 0 Å². The summed E-state index contributed by atoms with van der Waals surface area (Å²) in [5.74, 6) is -0.878. The maximum absolute atomic E-state index is 12.9. The fraction of sp³-hybridized carbons (Fsp3) is 0.368. The topological polar surface area (TPSA) is 91.0 Å². The second-order valence-electron chi connectivity index (χ2n) is 6.76. The molecule has 3 aromatic rings. The van der Waals surface area contributed by atoms with Crippen LogP contribution in [-0.4, -0.2) is 38.5 Å². The summed E-state index contributed by atoms with van der Waals surface area (Å²) >= 11 is 0. The zero-order valence-corrected chi connectivity index (χ0v) is 15.7. The van der Waals surface area contributed by atoms with E-state index in [0.717, 1.165) is 31.5 Å². The molecule has 0 spiro atoms. The Morgan fingerprint density at radius 1 is 1.31 bits per heavy atom. The lowest BCUT2D eigenvalue weighted by Gasteiger charge is -2.13. The summed E-state index contributed by atoms with van der Waals surface area (Å²) in [7, 11) is 1.31. The van der Waals surface area contributed by atoms with E-state index in [9.17, 15) is 18.4 Å². The second-order valence-corrected chi connectivity index (χ2v) is 6.76. The maximum Gasteiger partial charge on any atom is 0.341 e. The van der Waals surface area contributed by atoms with Crippen molar-refractivity contribution in [3.05, 3.63) is 46.9 Å². The number of benzene rings is 1. The normalized spacial score (nSPS) is 13.5. The van der Waals surface area contributed by atoms with Gasteiger partial charge in [-0.05, 0) is 37.5 Å². The van der Waals surface area contributed by atoms with Gasteiger partial charge in [0.05, 0.1) is 36.8 Å². The van der Waals surface area contributed by atoms with Crippen molar-refractivity contribution in [3.8, 4) is 0 Å². The van der Waals surface area contributed by atoms with Crippen LogP contribution in [0.2, 0.25) is 0 Å². The fourth-order valence-corrected chi connectivity index (χ4v) is 3.62. The SMILES string of the molecule is COC(=O)c1c(CNC(=O)c2ccc3c(cnn3C(F)F)c2)nn2c1CCCC2. The molecule has 0 unspecified atom stereocenters. The van der Waals surface area contributed by atoms with Crippen LogP contribution in [0, 0.1) is 0 Å². The van der Waals surface area contributed by atoms with Gasteiger partial charge in [-0.3, -0.25) is 9.48 Å². The van der Waals surface area contributed by atoms with Gasteiger partial charge in [-0.15, -0.1) is 0 Å². The van der Waals surface area contributed by atoms with Crippen molar-refractivity contribution in [3.63, 3.8) is 0 Å². The van der Waals surface area contributed by atoms with Crippen molar-refractivity contribution in [1.29, 1.82) is 0 Å². The third kappa shape index (κ3) is 3.45. The van der Waals surface area contributed by atoms with Crippen molar-refractivity contribution in [1.82, 2.24) is 24.9 Å². The summed E-state index contributed by atoms with van der Waals surface area (Å²) in [6.45, 7) is -1.98. The monoisotopic (exact) mass is 403 g/mol. The lowest BCUT2D eigenvalue weighted by atomic mass is 10.0. The highest BCUT2D eigenvalue weighted by atomic mass is 19.3. The molecule has 3 heterocycles. The highest BCUT2D eigenvalue weighted by Crippen LogP contribution is 2.23. The maximum atomic E-state index is 12.9. The highest BCUT2D eigenvalue weighted by molar-refractivity contribution is 5.98. The Hall–Kier alpha value is -3.30. The van der Waals surface area contributed by atoms with Gasteiger partial charge in [0.15, 0.2) is 0 Å². The van der Waals surface area contributed by atoms with Gasteiger partial charge in [-0.25, -0.2) is 9.48 Å². The largest absolute Gasteiger partial charge is 0.465 e. The van der Waals surface area contributed by atoms with Crippen LogP contribution in [0.3, 0.4) is 0 Å². The van der Waals surface area contributed by atoms with E-state index in [2.05, 4.69) is 15.5 Å². The number of aryl methyl sites for hydroxylation is 1. The number of alkyl halides is 2. The number of hydrogen-bond acceptors (Lipinski definition) is 5. The Morgan fingerprint density at radius 3 is 2.90 bits per heavy atom. The number of nitrogens with one attached hydrogen (secondary N) is 1. The smallest absolute Gasteiger partial charge is 0.341 e. The number of amides is 1. The highest BCUT2D eigenvalue weighted by Gasteiger charge is 2.26. The van der Waals surface area contributed by atoms with Crippen LogP contribution in [-0.2, 0) is 24.2 Å². The Morgan fingerprint density at radius 2 is 2.14 bits per heavy atom. The molecule has 8 nitrogen and oxygen atoms in total. The zero-order chi connectivity index (χ0) is 20.5. The summed E-state index contributed by atoms with van der Waals surface area (Å²) in [5.41, 5.74) is 2.23. The quantitative estimate of drug-likeness (QED) is 0.662. The summed E-state index contributed by atoms with van der Waals surface area (Å²) in [4.78, 5) is 24.8. The molecule has 152 valence electrons. The summed E-state index contributed by atoms with van der Waals surface area (Å²) in [5, 5.41) is 11.3. The lowest BCUT2D eigenvalue weighted by molar-refractivity contribution is 0.0595. The van der Waals surface area contributed by atoms with Crippen molar-refractivity contribution >= 4 is 22.8 Å². The molecule has 1 N–H and O–H groups in total. The first-order valence-electron chi connectivity index (χ1n) is 9.20. The van der Waals surface area contributed by atoms with E-state index in [4.69, 9.17) is 4.74 Å².